The van der Waals surface area contributed by atoms with Gasteiger partial charge in [-0.1, -0.05) is 30.3 Å². The number of carbonyl (C=O) groups excluding carboxylic acids is 1. The maximum absolute atomic E-state index is 12.6. The fraction of sp³-hybridized carbons (Fsp3) is 0.211. The molecule has 6 heteroatoms. The van der Waals surface area contributed by atoms with Crippen molar-refractivity contribution >= 4 is 16.8 Å². The van der Waals surface area contributed by atoms with E-state index in [9.17, 15) is 9.59 Å². The zero-order valence-electron chi connectivity index (χ0n) is 14.2. The molecule has 0 unspecified atom stereocenters. The fourth-order valence-electron chi connectivity index (χ4n) is 2.71. The van der Waals surface area contributed by atoms with Crippen molar-refractivity contribution < 1.29 is 9.53 Å². The van der Waals surface area contributed by atoms with Gasteiger partial charge in [-0.05, 0) is 25.1 Å². The van der Waals surface area contributed by atoms with Gasteiger partial charge >= 0.3 is 0 Å². The number of para-hydroxylation sites is 2. The molecule has 128 valence electrons. The molecule has 0 saturated heterocycles. The zero-order chi connectivity index (χ0) is 17.8. The average molecular weight is 337 g/mol. The number of methoxy groups -OCH3 is 1. The summed E-state index contributed by atoms with van der Waals surface area (Å²) in [5, 5.41) is 3.32. The number of hydrogen-bond donors (Lipinski definition) is 1. The highest BCUT2D eigenvalue weighted by Crippen LogP contribution is 2.16. The van der Waals surface area contributed by atoms with Crippen LogP contribution >= 0.6 is 0 Å². The van der Waals surface area contributed by atoms with E-state index in [4.69, 9.17) is 4.74 Å². The molecule has 0 aliphatic carbocycles. The predicted molar refractivity (Wildman–Crippen MR) is 95.6 cm³/mol. The third kappa shape index (κ3) is 3.52. The van der Waals surface area contributed by atoms with E-state index in [1.54, 1.807) is 32.2 Å². The van der Waals surface area contributed by atoms with Crippen LogP contribution in [0.1, 0.15) is 11.4 Å². The van der Waals surface area contributed by atoms with Gasteiger partial charge in [-0.15, -0.1) is 0 Å². The van der Waals surface area contributed by atoms with Gasteiger partial charge < -0.3 is 10.1 Å². The molecule has 0 spiro atoms. The highest BCUT2D eigenvalue weighted by atomic mass is 16.5. The molecule has 1 heterocycles. The van der Waals surface area contributed by atoms with Crippen LogP contribution in [0.15, 0.2) is 53.3 Å². The lowest BCUT2D eigenvalue weighted by atomic mass is 10.2. The summed E-state index contributed by atoms with van der Waals surface area (Å²) in [6.07, 6.45) is 0. The summed E-state index contributed by atoms with van der Waals surface area (Å²) < 4.78 is 6.65. The van der Waals surface area contributed by atoms with E-state index in [1.165, 1.54) is 4.57 Å². The SMILES string of the molecule is COc1ccccc1CNC(=O)Cn1c(C)nc2ccccc2c1=O. The van der Waals surface area contributed by atoms with Crippen LogP contribution in [0.4, 0.5) is 0 Å². The van der Waals surface area contributed by atoms with Crippen LogP contribution in [-0.2, 0) is 17.9 Å². The van der Waals surface area contributed by atoms with E-state index in [2.05, 4.69) is 10.3 Å². The van der Waals surface area contributed by atoms with Gasteiger partial charge in [-0.25, -0.2) is 4.98 Å². The molecule has 0 bridgehead atoms. The lowest BCUT2D eigenvalue weighted by molar-refractivity contribution is -0.121. The molecular weight excluding hydrogens is 318 g/mol. The standard InChI is InChI=1S/C19H19N3O3/c1-13-21-16-9-5-4-8-15(16)19(24)22(13)12-18(23)20-11-14-7-3-6-10-17(14)25-2/h3-10H,11-12H2,1-2H3,(H,20,23). The van der Waals surface area contributed by atoms with Crippen LogP contribution in [0.25, 0.3) is 10.9 Å². The normalized spacial score (nSPS) is 10.6. The van der Waals surface area contributed by atoms with Crippen molar-refractivity contribution in [2.45, 2.75) is 20.0 Å². The first-order valence-corrected chi connectivity index (χ1v) is 7.95. The van der Waals surface area contributed by atoms with Crippen LogP contribution in [0.2, 0.25) is 0 Å². The third-order valence-corrected chi connectivity index (χ3v) is 4.02. The molecule has 2 aromatic carbocycles. The molecule has 0 atom stereocenters. The Morgan fingerprint density at radius 1 is 1.16 bits per heavy atom. The van der Waals surface area contributed by atoms with Gasteiger partial charge in [0.1, 0.15) is 18.1 Å². The second-order valence-corrected chi connectivity index (χ2v) is 5.66. The molecule has 0 fully saturated rings. The van der Waals surface area contributed by atoms with Gasteiger partial charge in [0.05, 0.1) is 18.0 Å². The van der Waals surface area contributed by atoms with Crippen molar-refractivity contribution in [2.75, 3.05) is 7.11 Å². The van der Waals surface area contributed by atoms with Crippen LogP contribution < -0.4 is 15.6 Å². The van der Waals surface area contributed by atoms with Crippen molar-refractivity contribution in [3.63, 3.8) is 0 Å². The summed E-state index contributed by atoms with van der Waals surface area (Å²) in [5.41, 5.74) is 1.30. The van der Waals surface area contributed by atoms with E-state index in [0.29, 0.717) is 29.0 Å². The van der Waals surface area contributed by atoms with Crippen molar-refractivity contribution in [2.24, 2.45) is 0 Å². The van der Waals surface area contributed by atoms with Gasteiger partial charge in [0.25, 0.3) is 5.56 Å². The number of rotatable bonds is 5. The maximum atomic E-state index is 12.6. The van der Waals surface area contributed by atoms with Gasteiger partial charge in [0.2, 0.25) is 5.91 Å². The second kappa shape index (κ2) is 7.17. The predicted octanol–water partition coefficient (Wildman–Crippen LogP) is 2.03. The number of nitrogens with zero attached hydrogens (tertiary/aromatic N) is 2. The first-order valence-electron chi connectivity index (χ1n) is 7.95. The molecule has 0 saturated carbocycles. The summed E-state index contributed by atoms with van der Waals surface area (Å²) >= 11 is 0. The maximum Gasteiger partial charge on any atom is 0.261 e. The highest BCUT2D eigenvalue weighted by Gasteiger charge is 2.11. The largest absolute Gasteiger partial charge is 0.496 e. The number of fused-ring (bicyclic) bond motifs is 1. The smallest absolute Gasteiger partial charge is 0.261 e. The average Bonchev–Trinajstić information content (AvgIpc) is 2.63. The second-order valence-electron chi connectivity index (χ2n) is 5.66. The summed E-state index contributed by atoms with van der Waals surface area (Å²) in [4.78, 5) is 29.3. The zero-order valence-corrected chi connectivity index (χ0v) is 14.2. The quantitative estimate of drug-likeness (QED) is 0.773. The van der Waals surface area contributed by atoms with Gasteiger partial charge in [0, 0.05) is 12.1 Å². The molecule has 0 aliphatic heterocycles. The van der Waals surface area contributed by atoms with Crippen molar-refractivity contribution in [3.8, 4) is 5.75 Å². The number of hydrogen-bond acceptors (Lipinski definition) is 4. The Labute approximate surface area is 145 Å². The number of nitrogens with one attached hydrogen (secondary N) is 1. The number of ether oxygens (including phenoxy) is 1. The Kier molecular flexibility index (Phi) is 4.79. The van der Waals surface area contributed by atoms with Crippen molar-refractivity contribution in [1.29, 1.82) is 0 Å². The Morgan fingerprint density at radius 3 is 2.68 bits per heavy atom. The molecule has 3 rings (SSSR count). The van der Waals surface area contributed by atoms with Crippen LogP contribution in [0.3, 0.4) is 0 Å². The molecule has 1 N–H and O–H groups in total. The van der Waals surface area contributed by atoms with E-state index < -0.39 is 0 Å². The highest BCUT2D eigenvalue weighted by molar-refractivity contribution is 5.79. The summed E-state index contributed by atoms with van der Waals surface area (Å²) in [6.45, 7) is 1.98. The van der Waals surface area contributed by atoms with Crippen molar-refractivity contribution in [1.82, 2.24) is 14.9 Å². The first kappa shape index (κ1) is 16.7. The number of carbonyl (C=O) groups is 1. The Balaban J connectivity index is 1.77. The molecule has 0 aliphatic rings. The lowest BCUT2D eigenvalue weighted by Gasteiger charge is -2.12. The monoisotopic (exact) mass is 337 g/mol. The third-order valence-electron chi connectivity index (χ3n) is 4.02. The molecular formula is C19H19N3O3. The van der Waals surface area contributed by atoms with Crippen LogP contribution in [-0.4, -0.2) is 22.6 Å². The Morgan fingerprint density at radius 2 is 1.88 bits per heavy atom. The Bertz CT molecular complexity index is 979. The first-order chi connectivity index (χ1) is 12.1. The van der Waals surface area contributed by atoms with Gasteiger partial charge in [-0.2, -0.15) is 0 Å². The molecule has 0 radical (unpaired) electrons. The Hall–Kier alpha value is -3.15. The molecule has 3 aromatic rings. The number of aromatic nitrogens is 2. The van der Waals surface area contributed by atoms with Crippen LogP contribution in [0, 0.1) is 6.92 Å². The molecule has 6 nitrogen and oxygen atoms in total. The summed E-state index contributed by atoms with van der Waals surface area (Å²) in [6, 6.07) is 14.6. The number of aryl methyl sites for hydroxylation is 1. The number of amides is 1. The summed E-state index contributed by atoms with van der Waals surface area (Å²) in [7, 11) is 1.59. The summed E-state index contributed by atoms with van der Waals surface area (Å²) in [5.74, 6) is 0.966. The van der Waals surface area contributed by atoms with E-state index in [-0.39, 0.29) is 18.0 Å². The minimum absolute atomic E-state index is 0.0718. The lowest BCUT2D eigenvalue weighted by Crippen LogP contribution is -2.33. The topological polar surface area (TPSA) is 73.2 Å². The van der Waals surface area contributed by atoms with Crippen LogP contribution in [0.5, 0.6) is 5.75 Å². The van der Waals surface area contributed by atoms with Gasteiger partial charge in [0.15, 0.2) is 0 Å². The molecule has 25 heavy (non-hydrogen) atoms. The molecule has 1 aromatic heterocycles. The van der Waals surface area contributed by atoms with E-state index in [1.807, 2.05) is 30.3 Å². The minimum Gasteiger partial charge on any atom is -0.496 e. The minimum atomic E-state index is -0.256. The fourth-order valence-corrected chi connectivity index (χ4v) is 2.71. The van der Waals surface area contributed by atoms with Crippen molar-refractivity contribution in [3.05, 3.63) is 70.3 Å². The number of benzene rings is 2. The van der Waals surface area contributed by atoms with Gasteiger partial charge in [-0.3, -0.25) is 14.2 Å². The van der Waals surface area contributed by atoms with E-state index >= 15 is 0 Å². The van der Waals surface area contributed by atoms with E-state index in [0.717, 1.165) is 5.56 Å². The molecule has 1 amide bonds.